The third-order valence-electron chi connectivity index (χ3n) is 2.71. The van der Waals surface area contributed by atoms with Gasteiger partial charge in [0.25, 0.3) is 0 Å². The lowest BCUT2D eigenvalue weighted by atomic mass is 10.2. The number of anilines is 1. The summed E-state index contributed by atoms with van der Waals surface area (Å²) in [6.45, 7) is 4.66. The maximum atomic E-state index is 13.8. The van der Waals surface area contributed by atoms with E-state index in [2.05, 4.69) is 5.32 Å². The smallest absolute Gasteiger partial charge is 0.323 e. The zero-order chi connectivity index (χ0) is 16.2. The molecule has 0 bridgehead atoms. The Balaban J connectivity index is 2.96. The van der Waals surface area contributed by atoms with Crippen LogP contribution in [0, 0.1) is 24.5 Å². The van der Waals surface area contributed by atoms with Crippen molar-refractivity contribution in [2.24, 2.45) is 5.92 Å². The van der Waals surface area contributed by atoms with E-state index < -0.39 is 35.9 Å². The summed E-state index contributed by atoms with van der Waals surface area (Å²) in [5, 5.41) is 10.9. The van der Waals surface area contributed by atoms with Crippen LogP contribution in [0.4, 0.5) is 19.3 Å². The zero-order valence-electron chi connectivity index (χ0n) is 12.1. The summed E-state index contributed by atoms with van der Waals surface area (Å²) >= 11 is 0. The van der Waals surface area contributed by atoms with Gasteiger partial charge in [-0.2, -0.15) is 0 Å². The molecule has 0 aromatic heterocycles. The Morgan fingerprint density at radius 2 is 1.95 bits per heavy atom. The van der Waals surface area contributed by atoms with Crippen molar-refractivity contribution in [3.05, 3.63) is 29.3 Å². The molecule has 1 aromatic carbocycles. The number of hydrogen-bond acceptors (Lipinski definition) is 2. The van der Waals surface area contributed by atoms with Crippen molar-refractivity contribution in [2.45, 2.75) is 20.8 Å². The number of aryl methyl sites for hydroxylation is 1. The van der Waals surface area contributed by atoms with E-state index in [9.17, 15) is 18.4 Å². The van der Waals surface area contributed by atoms with E-state index in [1.54, 1.807) is 13.8 Å². The second-order valence-electron chi connectivity index (χ2n) is 5.15. The maximum absolute atomic E-state index is 13.8. The molecule has 7 heteroatoms. The fourth-order valence-electron chi connectivity index (χ4n) is 1.78. The van der Waals surface area contributed by atoms with Crippen LogP contribution in [0.1, 0.15) is 19.4 Å². The molecule has 0 saturated carbocycles. The van der Waals surface area contributed by atoms with Crippen molar-refractivity contribution in [2.75, 3.05) is 18.4 Å². The molecule has 0 saturated heterocycles. The van der Waals surface area contributed by atoms with Crippen LogP contribution in [-0.2, 0) is 4.79 Å². The molecule has 5 nitrogen and oxygen atoms in total. The van der Waals surface area contributed by atoms with Crippen LogP contribution in [0.3, 0.4) is 0 Å². The number of carbonyl (C=O) groups excluding carboxylic acids is 1. The van der Waals surface area contributed by atoms with Gasteiger partial charge in [0.1, 0.15) is 18.0 Å². The van der Waals surface area contributed by atoms with E-state index in [1.165, 1.54) is 13.0 Å². The number of nitrogens with one attached hydrogen (secondary N) is 1. The molecule has 0 radical (unpaired) electrons. The molecule has 0 atom stereocenters. The van der Waals surface area contributed by atoms with Gasteiger partial charge in [0.2, 0.25) is 0 Å². The standard InChI is InChI=1S/C14H18F2N2O3/c1-8(2)6-18(7-11(19)20)14(21)17-13-10(15)5-4-9(3)12(13)16/h4-5,8H,6-7H2,1-3H3,(H,17,21)(H,19,20). The van der Waals surface area contributed by atoms with Crippen molar-refractivity contribution in [3.8, 4) is 0 Å². The third-order valence-corrected chi connectivity index (χ3v) is 2.71. The normalized spacial score (nSPS) is 10.6. The van der Waals surface area contributed by atoms with E-state index in [0.29, 0.717) is 0 Å². The Bertz CT molecular complexity index is 547. The number of halogens is 2. The van der Waals surface area contributed by atoms with Crippen LogP contribution in [0.15, 0.2) is 12.1 Å². The Hall–Kier alpha value is -2.18. The highest BCUT2D eigenvalue weighted by atomic mass is 19.1. The van der Waals surface area contributed by atoms with Gasteiger partial charge in [0, 0.05) is 6.54 Å². The van der Waals surface area contributed by atoms with Crippen LogP contribution in [-0.4, -0.2) is 35.1 Å². The Morgan fingerprint density at radius 1 is 1.33 bits per heavy atom. The highest BCUT2D eigenvalue weighted by molar-refractivity contribution is 5.91. The number of carbonyl (C=O) groups is 2. The highest BCUT2D eigenvalue weighted by Gasteiger charge is 2.21. The van der Waals surface area contributed by atoms with E-state index in [1.807, 2.05) is 0 Å². The minimum atomic E-state index is -1.20. The molecule has 0 aliphatic heterocycles. The van der Waals surface area contributed by atoms with Gasteiger partial charge < -0.3 is 15.3 Å². The zero-order valence-corrected chi connectivity index (χ0v) is 12.1. The molecule has 116 valence electrons. The van der Waals surface area contributed by atoms with Gasteiger partial charge in [-0.1, -0.05) is 19.9 Å². The van der Waals surface area contributed by atoms with Gasteiger partial charge in [-0.05, 0) is 24.5 Å². The number of aliphatic carboxylic acids is 1. The molecular formula is C14H18F2N2O3. The van der Waals surface area contributed by atoms with Crippen LogP contribution in [0.5, 0.6) is 0 Å². The fourth-order valence-corrected chi connectivity index (χ4v) is 1.78. The monoisotopic (exact) mass is 300 g/mol. The van der Waals surface area contributed by atoms with E-state index in [-0.39, 0.29) is 18.0 Å². The van der Waals surface area contributed by atoms with Gasteiger partial charge in [-0.25, -0.2) is 13.6 Å². The third kappa shape index (κ3) is 4.70. The van der Waals surface area contributed by atoms with Crippen molar-refractivity contribution in [1.82, 2.24) is 4.90 Å². The summed E-state index contributed by atoms with van der Waals surface area (Å²) in [6.07, 6.45) is 0. The Labute approximate surface area is 121 Å². The summed E-state index contributed by atoms with van der Waals surface area (Å²) in [5.74, 6) is -2.97. The van der Waals surface area contributed by atoms with Gasteiger partial charge >= 0.3 is 12.0 Å². The second-order valence-corrected chi connectivity index (χ2v) is 5.15. The van der Waals surface area contributed by atoms with Crippen LogP contribution < -0.4 is 5.32 Å². The summed E-state index contributed by atoms with van der Waals surface area (Å²) in [7, 11) is 0. The summed E-state index contributed by atoms with van der Waals surface area (Å²) < 4.78 is 27.4. The first-order valence-corrected chi connectivity index (χ1v) is 6.44. The SMILES string of the molecule is Cc1ccc(F)c(NC(=O)N(CC(=O)O)CC(C)C)c1F. The first kappa shape index (κ1) is 16.9. The molecule has 1 aromatic rings. The van der Waals surface area contributed by atoms with Gasteiger partial charge in [-0.15, -0.1) is 0 Å². The average Bonchev–Trinajstić information content (AvgIpc) is 2.37. The molecule has 2 N–H and O–H groups in total. The number of nitrogens with zero attached hydrogens (tertiary/aromatic N) is 1. The van der Waals surface area contributed by atoms with E-state index >= 15 is 0 Å². The summed E-state index contributed by atoms with van der Waals surface area (Å²) in [5.41, 5.74) is -0.389. The molecule has 0 fully saturated rings. The van der Waals surface area contributed by atoms with Gasteiger partial charge in [-0.3, -0.25) is 4.79 Å². The molecule has 0 unspecified atom stereocenters. The van der Waals surface area contributed by atoms with Crippen molar-refractivity contribution >= 4 is 17.7 Å². The molecule has 0 heterocycles. The topological polar surface area (TPSA) is 69.6 Å². The Kier molecular flexibility index (Phi) is 5.63. The van der Waals surface area contributed by atoms with E-state index in [0.717, 1.165) is 11.0 Å². The molecule has 0 aliphatic rings. The number of amides is 2. The van der Waals surface area contributed by atoms with Gasteiger partial charge in [0.15, 0.2) is 5.82 Å². The average molecular weight is 300 g/mol. The lowest BCUT2D eigenvalue weighted by molar-refractivity contribution is -0.137. The first-order valence-electron chi connectivity index (χ1n) is 6.44. The quantitative estimate of drug-likeness (QED) is 0.878. The molecule has 1 rings (SSSR count). The Morgan fingerprint density at radius 3 is 2.48 bits per heavy atom. The number of rotatable bonds is 5. The predicted octanol–water partition coefficient (Wildman–Crippen LogP) is 2.85. The summed E-state index contributed by atoms with van der Waals surface area (Å²) in [4.78, 5) is 23.8. The maximum Gasteiger partial charge on any atom is 0.323 e. The number of hydrogen-bond donors (Lipinski definition) is 2. The lowest BCUT2D eigenvalue weighted by Crippen LogP contribution is -2.41. The predicted molar refractivity (Wildman–Crippen MR) is 74.2 cm³/mol. The van der Waals surface area contributed by atoms with Crippen LogP contribution >= 0.6 is 0 Å². The number of carboxylic acid groups (broad SMARTS) is 1. The van der Waals surface area contributed by atoms with Crippen LogP contribution in [0.2, 0.25) is 0 Å². The molecule has 0 spiro atoms. The number of carboxylic acids is 1. The van der Waals surface area contributed by atoms with Gasteiger partial charge in [0.05, 0.1) is 0 Å². The highest BCUT2D eigenvalue weighted by Crippen LogP contribution is 2.22. The number of urea groups is 1. The minimum absolute atomic E-state index is 0.0160. The fraction of sp³-hybridized carbons (Fsp3) is 0.429. The van der Waals surface area contributed by atoms with Crippen molar-refractivity contribution in [3.63, 3.8) is 0 Å². The molecular weight excluding hydrogens is 282 g/mol. The number of benzene rings is 1. The minimum Gasteiger partial charge on any atom is -0.480 e. The second kappa shape index (κ2) is 7.01. The van der Waals surface area contributed by atoms with Crippen LogP contribution in [0.25, 0.3) is 0 Å². The van der Waals surface area contributed by atoms with E-state index in [4.69, 9.17) is 5.11 Å². The molecule has 21 heavy (non-hydrogen) atoms. The lowest BCUT2D eigenvalue weighted by Gasteiger charge is -2.23. The largest absolute Gasteiger partial charge is 0.480 e. The molecule has 2 amide bonds. The summed E-state index contributed by atoms with van der Waals surface area (Å²) in [6, 6.07) is 1.44. The first-order chi connectivity index (χ1) is 9.72. The van der Waals surface area contributed by atoms with Crippen molar-refractivity contribution in [1.29, 1.82) is 0 Å². The van der Waals surface area contributed by atoms with Crippen molar-refractivity contribution < 1.29 is 23.5 Å². The molecule has 0 aliphatic carbocycles.